The van der Waals surface area contributed by atoms with Crippen LogP contribution >= 0.6 is 11.3 Å². The maximum atomic E-state index is 12.8. The molecule has 2 aromatic heterocycles. The lowest BCUT2D eigenvalue weighted by Gasteiger charge is -2.07. The van der Waals surface area contributed by atoms with Crippen molar-refractivity contribution in [2.45, 2.75) is 13.1 Å². The van der Waals surface area contributed by atoms with Gasteiger partial charge in [-0.3, -0.25) is 0 Å². The van der Waals surface area contributed by atoms with Crippen molar-refractivity contribution in [3.63, 3.8) is 0 Å². The van der Waals surface area contributed by atoms with Crippen molar-refractivity contribution >= 4 is 17.3 Å². The predicted molar refractivity (Wildman–Crippen MR) is 81.4 cm³/mol. The first kappa shape index (κ1) is 16.2. The van der Waals surface area contributed by atoms with Gasteiger partial charge in [0.1, 0.15) is 5.56 Å². The third kappa shape index (κ3) is 2.90. The average Bonchev–Trinajstić information content (AvgIpc) is 3.13. The lowest BCUT2D eigenvalue weighted by molar-refractivity contribution is -0.137. The van der Waals surface area contributed by atoms with Crippen LogP contribution in [0.1, 0.15) is 21.6 Å². The topological polar surface area (TPSA) is 68.0 Å². The Hall–Kier alpha value is -2.68. The number of carbonyl (C=O) groups is 1. The van der Waals surface area contributed by atoms with E-state index in [4.69, 9.17) is 5.11 Å². The second-order valence-electron chi connectivity index (χ2n) is 4.95. The summed E-state index contributed by atoms with van der Waals surface area (Å²) in [5.74, 6) is -1.10. The molecule has 0 saturated carbocycles. The van der Waals surface area contributed by atoms with Crippen LogP contribution in [0.25, 0.3) is 16.4 Å². The highest BCUT2D eigenvalue weighted by molar-refractivity contribution is 7.12. The van der Waals surface area contributed by atoms with E-state index in [1.807, 2.05) is 0 Å². The number of carboxylic acids is 1. The van der Waals surface area contributed by atoms with Crippen molar-refractivity contribution in [1.29, 1.82) is 0 Å². The minimum Gasteiger partial charge on any atom is -0.478 e. The van der Waals surface area contributed by atoms with Gasteiger partial charge in [0, 0.05) is 10.9 Å². The Balaban J connectivity index is 1.99. The second-order valence-corrected chi connectivity index (χ2v) is 5.79. The number of benzene rings is 1. The number of alkyl halides is 3. The molecule has 1 aromatic carbocycles. The van der Waals surface area contributed by atoms with Gasteiger partial charge >= 0.3 is 12.1 Å². The van der Waals surface area contributed by atoms with E-state index in [2.05, 4.69) is 10.1 Å². The van der Waals surface area contributed by atoms with Crippen LogP contribution in [-0.2, 0) is 6.18 Å². The number of nitrogens with zero attached hydrogens (tertiary/aromatic N) is 3. The van der Waals surface area contributed by atoms with Gasteiger partial charge in [-0.05, 0) is 19.1 Å². The molecule has 0 aliphatic carbocycles. The molecule has 0 aliphatic rings. The smallest absolute Gasteiger partial charge is 0.416 e. The Morgan fingerprint density at radius 2 is 2.08 bits per heavy atom. The monoisotopic (exact) mass is 353 g/mol. The SMILES string of the molecule is Cc1c(C(=O)O)cnn1-c1nc(-c2cccc(C(F)(F)F)c2)cs1. The van der Waals surface area contributed by atoms with E-state index in [-0.39, 0.29) is 5.56 Å². The fraction of sp³-hybridized carbons (Fsp3) is 0.133. The van der Waals surface area contributed by atoms with Crippen LogP contribution in [0.5, 0.6) is 0 Å². The third-order valence-electron chi connectivity index (χ3n) is 3.40. The van der Waals surface area contributed by atoms with E-state index in [1.165, 1.54) is 34.3 Å². The number of aromatic nitrogens is 3. The zero-order valence-electron chi connectivity index (χ0n) is 12.2. The summed E-state index contributed by atoms with van der Waals surface area (Å²) < 4.78 is 39.7. The molecule has 0 saturated heterocycles. The highest BCUT2D eigenvalue weighted by Crippen LogP contribution is 2.33. The summed E-state index contributed by atoms with van der Waals surface area (Å²) in [5.41, 5.74) is 0.389. The molecule has 0 spiro atoms. The Kier molecular flexibility index (Phi) is 3.88. The third-order valence-corrected chi connectivity index (χ3v) is 4.22. The van der Waals surface area contributed by atoms with Crippen LogP contribution in [0.3, 0.4) is 0 Å². The minimum absolute atomic E-state index is 0.0471. The lowest BCUT2D eigenvalue weighted by atomic mass is 10.1. The summed E-state index contributed by atoms with van der Waals surface area (Å²) in [4.78, 5) is 15.3. The molecule has 0 bridgehead atoms. The number of thiazole rings is 1. The van der Waals surface area contributed by atoms with Gasteiger partial charge in [-0.25, -0.2) is 14.5 Å². The summed E-state index contributed by atoms with van der Waals surface area (Å²) in [6.07, 6.45) is -3.22. The molecule has 3 rings (SSSR count). The minimum atomic E-state index is -4.43. The van der Waals surface area contributed by atoms with Gasteiger partial charge in [-0.1, -0.05) is 12.1 Å². The van der Waals surface area contributed by atoms with Crippen molar-refractivity contribution in [2.24, 2.45) is 0 Å². The Morgan fingerprint density at radius 1 is 1.33 bits per heavy atom. The summed E-state index contributed by atoms with van der Waals surface area (Å²) in [6, 6.07) is 4.87. The predicted octanol–water partition coefficient (Wildman–Crippen LogP) is 4.02. The van der Waals surface area contributed by atoms with Gasteiger partial charge < -0.3 is 5.11 Å². The summed E-state index contributed by atoms with van der Waals surface area (Å²) in [7, 11) is 0. The van der Waals surface area contributed by atoms with Crippen molar-refractivity contribution in [1.82, 2.24) is 14.8 Å². The first-order valence-corrected chi connectivity index (χ1v) is 7.57. The van der Waals surface area contributed by atoms with E-state index in [1.54, 1.807) is 12.3 Å². The average molecular weight is 353 g/mol. The molecule has 0 aliphatic heterocycles. The van der Waals surface area contributed by atoms with Crippen LogP contribution in [0.2, 0.25) is 0 Å². The quantitative estimate of drug-likeness (QED) is 0.772. The maximum Gasteiger partial charge on any atom is 0.416 e. The molecular formula is C15H10F3N3O2S. The van der Waals surface area contributed by atoms with E-state index in [9.17, 15) is 18.0 Å². The highest BCUT2D eigenvalue weighted by atomic mass is 32.1. The zero-order chi connectivity index (χ0) is 17.5. The largest absolute Gasteiger partial charge is 0.478 e. The molecule has 5 nitrogen and oxygen atoms in total. The summed E-state index contributed by atoms with van der Waals surface area (Å²) in [5, 5.41) is 15.0. The lowest BCUT2D eigenvalue weighted by Crippen LogP contribution is -2.04. The van der Waals surface area contributed by atoms with Crippen LogP contribution in [0.4, 0.5) is 13.2 Å². The molecule has 24 heavy (non-hydrogen) atoms. The maximum absolute atomic E-state index is 12.8. The number of hydrogen-bond acceptors (Lipinski definition) is 4. The Bertz CT molecular complexity index is 915. The number of aromatic carboxylic acids is 1. The van der Waals surface area contributed by atoms with Gasteiger partial charge in [-0.2, -0.15) is 18.3 Å². The van der Waals surface area contributed by atoms with Crippen molar-refractivity contribution < 1.29 is 23.1 Å². The van der Waals surface area contributed by atoms with Gasteiger partial charge in [0.25, 0.3) is 0 Å². The van der Waals surface area contributed by atoms with Gasteiger partial charge in [0.2, 0.25) is 5.13 Å². The fourth-order valence-corrected chi connectivity index (χ4v) is 3.00. The molecule has 0 atom stereocenters. The molecule has 2 heterocycles. The molecule has 1 N–H and O–H groups in total. The van der Waals surface area contributed by atoms with Crippen LogP contribution < -0.4 is 0 Å². The van der Waals surface area contributed by atoms with Gasteiger partial charge in [0.15, 0.2) is 0 Å². The van der Waals surface area contributed by atoms with Crippen LogP contribution in [0, 0.1) is 6.92 Å². The number of halogens is 3. The Morgan fingerprint density at radius 3 is 2.71 bits per heavy atom. The van der Waals surface area contributed by atoms with Crippen molar-refractivity contribution in [3.8, 4) is 16.4 Å². The molecular weight excluding hydrogens is 343 g/mol. The van der Waals surface area contributed by atoms with E-state index < -0.39 is 17.7 Å². The molecule has 0 fully saturated rings. The second kappa shape index (κ2) is 5.75. The molecule has 0 radical (unpaired) electrons. The number of carboxylic acid groups (broad SMARTS) is 1. The molecule has 3 aromatic rings. The van der Waals surface area contributed by atoms with E-state index in [0.717, 1.165) is 12.1 Å². The summed E-state index contributed by atoms with van der Waals surface area (Å²) in [6.45, 7) is 1.59. The normalized spacial score (nSPS) is 11.7. The highest BCUT2D eigenvalue weighted by Gasteiger charge is 2.30. The Labute approximate surface area is 138 Å². The standard InChI is InChI=1S/C15H10F3N3O2S/c1-8-11(13(22)23)6-19-21(8)14-20-12(7-24-14)9-3-2-4-10(5-9)15(16,17)18/h2-7H,1H3,(H,22,23). The number of rotatable bonds is 3. The first-order valence-electron chi connectivity index (χ1n) is 6.69. The summed E-state index contributed by atoms with van der Waals surface area (Å²) >= 11 is 1.17. The first-order chi connectivity index (χ1) is 11.3. The van der Waals surface area contributed by atoms with Crippen molar-refractivity contribution in [2.75, 3.05) is 0 Å². The van der Waals surface area contributed by atoms with Crippen molar-refractivity contribution in [3.05, 3.63) is 52.7 Å². The zero-order valence-corrected chi connectivity index (χ0v) is 13.0. The molecule has 0 amide bonds. The molecule has 9 heteroatoms. The number of hydrogen-bond donors (Lipinski definition) is 1. The van der Waals surface area contributed by atoms with E-state index in [0.29, 0.717) is 22.1 Å². The fourth-order valence-electron chi connectivity index (χ4n) is 2.16. The van der Waals surface area contributed by atoms with Gasteiger partial charge in [0.05, 0.1) is 23.1 Å². The van der Waals surface area contributed by atoms with Crippen LogP contribution in [-0.4, -0.2) is 25.8 Å². The molecule has 124 valence electrons. The molecule has 0 unspecified atom stereocenters. The van der Waals surface area contributed by atoms with Crippen LogP contribution in [0.15, 0.2) is 35.8 Å². The van der Waals surface area contributed by atoms with E-state index >= 15 is 0 Å². The van der Waals surface area contributed by atoms with Gasteiger partial charge in [-0.15, -0.1) is 11.3 Å².